The second-order valence-corrected chi connectivity index (χ2v) is 2.79. The molecule has 0 saturated carbocycles. The molecule has 0 aliphatic carbocycles. The maximum Gasteiger partial charge on any atom is 0.327 e. The lowest BCUT2D eigenvalue weighted by atomic mass is 10.2. The highest BCUT2D eigenvalue weighted by atomic mass is 16.4. The van der Waals surface area contributed by atoms with E-state index in [2.05, 4.69) is 27.0 Å². The molecule has 0 aromatic heterocycles. The summed E-state index contributed by atoms with van der Waals surface area (Å²) >= 11 is 0. The van der Waals surface area contributed by atoms with Crippen molar-refractivity contribution in [3.05, 3.63) is 25.3 Å². The molecule has 122 valence electrons. The number of carboxylic acid groups (broad SMARTS) is 2. The summed E-state index contributed by atoms with van der Waals surface area (Å²) in [6.45, 7) is 10.4. The molecule has 0 heterocycles. The van der Waals surface area contributed by atoms with E-state index < -0.39 is 11.9 Å². The van der Waals surface area contributed by atoms with E-state index in [1.165, 1.54) is 25.7 Å². The van der Waals surface area contributed by atoms with Crippen LogP contribution < -0.4 is 0 Å². The third-order valence-corrected chi connectivity index (χ3v) is 1.31. The first kappa shape index (κ1) is 31.0. The van der Waals surface area contributed by atoms with Gasteiger partial charge in [-0.15, -0.1) is 0 Å². The van der Waals surface area contributed by atoms with Gasteiger partial charge in [0.25, 0.3) is 0 Å². The largest absolute Gasteiger partial charge is 0.478 e. The zero-order valence-electron chi connectivity index (χ0n) is 13.0. The summed E-state index contributed by atoms with van der Waals surface area (Å²) in [6, 6.07) is 0. The van der Waals surface area contributed by atoms with Crippen LogP contribution in [0.15, 0.2) is 25.3 Å². The third kappa shape index (κ3) is 135. The van der Waals surface area contributed by atoms with E-state index in [4.69, 9.17) is 20.4 Å². The molecule has 6 nitrogen and oxygen atoms in total. The number of carbonyl (C=O) groups is 2. The number of rotatable bonds is 5. The fraction of sp³-hybridized carbons (Fsp3) is 0.571. The van der Waals surface area contributed by atoms with Gasteiger partial charge in [0.2, 0.25) is 0 Å². The van der Waals surface area contributed by atoms with E-state index in [-0.39, 0.29) is 0 Å². The maximum absolute atomic E-state index is 9.25. The highest BCUT2D eigenvalue weighted by molar-refractivity contribution is 5.79. The Morgan fingerprint density at radius 3 is 1.00 bits per heavy atom. The lowest BCUT2D eigenvalue weighted by Crippen LogP contribution is -1.82. The standard InChI is InChI=1S/C6H14.2C3H4O2.2CH4O/c1-3-5-6-4-2;2*1-2-3(4)5;2*1-2/h3-6H2,1-2H3;2*2H,1H2,(H,4,5);2*2H,1H3. The van der Waals surface area contributed by atoms with Gasteiger partial charge in [-0.1, -0.05) is 52.7 Å². The van der Waals surface area contributed by atoms with Gasteiger partial charge in [0.1, 0.15) is 0 Å². The van der Waals surface area contributed by atoms with Gasteiger partial charge >= 0.3 is 11.9 Å². The Bertz CT molecular complexity index is 180. The van der Waals surface area contributed by atoms with E-state index in [1.54, 1.807) is 0 Å². The first-order chi connectivity index (χ1) is 9.45. The number of aliphatic hydroxyl groups excluding tert-OH is 2. The normalized spacial score (nSPS) is 6.50. The number of aliphatic carboxylic acids is 2. The Labute approximate surface area is 122 Å². The van der Waals surface area contributed by atoms with Crippen molar-refractivity contribution in [1.29, 1.82) is 0 Å². The summed E-state index contributed by atoms with van der Waals surface area (Å²) in [5.41, 5.74) is 0. The SMILES string of the molecule is C=CC(=O)O.C=CC(=O)O.CCCCCC.CO.CO. The van der Waals surface area contributed by atoms with Gasteiger partial charge in [-0.2, -0.15) is 0 Å². The number of hydrogen-bond acceptors (Lipinski definition) is 4. The van der Waals surface area contributed by atoms with Crippen LogP contribution in [0.5, 0.6) is 0 Å². The minimum atomic E-state index is -0.981. The molecule has 0 aromatic rings. The van der Waals surface area contributed by atoms with Crippen LogP contribution in [-0.4, -0.2) is 46.6 Å². The van der Waals surface area contributed by atoms with Crippen LogP contribution in [0.4, 0.5) is 0 Å². The van der Waals surface area contributed by atoms with Crippen LogP contribution in [0, 0.1) is 0 Å². The van der Waals surface area contributed by atoms with Gasteiger partial charge in [0.15, 0.2) is 0 Å². The summed E-state index contributed by atoms with van der Waals surface area (Å²) in [5, 5.41) is 29.2. The second-order valence-electron chi connectivity index (χ2n) is 2.79. The molecule has 0 radical (unpaired) electrons. The average molecular weight is 294 g/mol. The van der Waals surface area contributed by atoms with Crippen molar-refractivity contribution in [2.24, 2.45) is 0 Å². The Balaban J connectivity index is -0.0000000501. The van der Waals surface area contributed by atoms with Crippen molar-refractivity contribution in [2.45, 2.75) is 39.5 Å². The number of carboxylic acids is 2. The van der Waals surface area contributed by atoms with Gasteiger partial charge < -0.3 is 20.4 Å². The van der Waals surface area contributed by atoms with Crippen molar-refractivity contribution in [3.63, 3.8) is 0 Å². The van der Waals surface area contributed by atoms with Gasteiger partial charge in [-0.25, -0.2) is 9.59 Å². The van der Waals surface area contributed by atoms with Crippen molar-refractivity contribution >= 4 is 11.9 Å². The van der Waals surface area contributed by atoms with Crippen LogP contribution in [0.3, 0.4) is 0 Å². The van der Waals surface area contributed by atoms with Gasteiger partial charge in [-0.05, 0) is 0 Å². The third-order valence-electron chi connectivity index (χ3n) is 1.31. The van der Waals surface area contributed by atoms with Crippen molar-refractivity contribution in [1.82, 2.24) is 0 Å². The fourth-order valence-corrected chi connectivity index (χ4v) is 0.500. The Morgan fingerprint density at radius 1 is 0.800 bits per heavy atom. The lowest BCUT2D eigenvalue weighted by Gasteiger charge is -1.86. The predicted molar refractivity (Wildman–Crippen MR) is 81.8 cm³/mol. The van der Waals surface area contributed by atoms with Gasteiger partial charge in [-0.3, -0.25) is 0 Å². The summed E-state index contributed by atoms with van der Waals surface area (Å²) < 4.78 is 0. The zero-order chi connectivity index (χ0) is 17.4. The van der Waals surface area contributed by atoms with Crippen LogP contribution in [0.2, 0.25) is 0 Å². The molecule has 6 heteroatoms. The summed E-state index contributed by atoms with van der Waals surface area (Å²) in [7, 11) is 2.00. The number of hydrogen-bond donors (Lipinski definition) is 4. The topological polar surface area (TPSA) is 115 Å². The molecule has 0 aliphatic heterocycles. The molecule has 0 rings (SSSR count). The van der Waals surface area contributed by atoms with Gasteiger partial charge in [0.05, 0.1) is 0 Å². The summed E-state index contributed by atoms with van der Waals surface area (Å²) in [5.74, 6) is -1.96. The van der Waals surface area contributed by atoms with Crippen LogP contribution in [0.1, 0.15) is 39.5 Å². The quantitative estimate of drug-likeness (QED) is 0.457. The molecule has 0 amide bonds. The predicted octanol–water partition coefficient (Wildman–Crippen LogP) is 2.32. The first-order valence-electron chi connectivity index (χ1n) is 6.06. The molecule has 0 saturated heterocycles. The lowest BCUT2D eigenvalue weighted by molar-refractivity contribution is -0.132. The van der Waals surface area contributed by atoms with Crippen molar-refractivity contribution in [3.8, 4) is 0 Å². The highest BCUT2D eigenvalue weighted by Gasteiger charge is 1.75. The van der Waals surface area contributed by atoms with E-state index in [1.807, 2.05) is 0 Å². The minimum absolute atomic E-state index is 0.833. The monoisotopic (exact) mass is 294 g/mol. The Kier molecular flexibility index (Phi) is 67.1. The molecule has 0 atom stereocenters. The number of unbranched alkanes of at least 4 members (excludes halogenated alkanes) is 3. The van der Waals surface area contributed by atoms with E-state index in [9.17, 15) is 9.59 Å². The first-order valence-corrected chi connectivity index (χ1v) is 6.06. The molecule has 0 unspecified atom stereocenters. The molecule has 0 spiro atoms. The van der Waals surface area contributed by atoms with E-state index >= 15 is 0 Å². The van der Waals surface area contributed by atoms with Crippen molar-refractivity contribution < 1.29 is 30.0 Å². The van der Waals surface area contributed by atoms with Crippen molar-refractivity contribution in [2.75, 3.05) is 14.2 Å². The summed E-state index contributed by atoms with van der Waals surface area (Å²) in [4.78, 5) is 18.5. The van der Waals surface area contributed by atoms with Crippen LogP contribution in [-0.2, 0) is 9.59 Å². The van der Waals surface area contributed by atoms with Crippen LogP contribution in [0.25, 0.3) is 0 Å². The molecular formula is C14H30O6. The van der Waals surface area contributed by atoms with E-state index in [0.29, 0.717) is 0 Å². The highest BCUT2D eigenvalue weighted by Crippen LogP contribution is 1.95. The number of aliphatic hydroxyl groups is 2. The summed E-state index contributed by atoms with van der Waals surface area (Å²) in [6.07, 6.45) is 7.20. The average Bonchev–Trinajstić information content (AvgIpc) is 2.50. The molecule has 20 heavy (non-hydrogen) atoms. The Hall–Kier alpha value is -1.66. The zero-order valence-corrected chi connectivity index (χ0v) is 13.0. The van der Waals surface area contributed by atoms with E-state index in [0.717, 1.165) is 26.4 Å². The molecule has 0 aliphatic rings. The molecule has 0 fully saturated rings. The molecule has 0 bridgehead atoms. The Morgan fingerprint density at radius 2 is 0.950 bits per heavy atom. The molecular weight excluding hydrogens is 264 g/mol. The van der Waals surface area contributed by atoms with Crippen LogP contribution >= 0.6 is 0 Å². The van der Waals surface area contributed by atoms with Gasteiger partial charge in [0, 0.05) is 26.4 Å². The minimum Gasteiger partial charge on any atom is -0.478 e. The molecule has 0 aromatic carbocycles. The maximum atomic E-state index is 9.25. The molecule has 4 N–H and O–H groups in total. The smallest absolute Gasteiger partial charge is 0.327 e. The fourth-order valence-electron chi connectivity index (χ4n) is 0.500. The second kappa shape index (κ2) is 43.3.